The van der Waals surface area contributed by atoms with E-state index in [2.05, 4.69) is 0 Å². The van der Waals surface area contributed by atoms with E-state index in [1.54, 1.807) is 14.0 Å². The molecular weight excluding hydrogens is 247 g/mol. The van der Waals surface area contributed by atoms with Gasteiger partial charge in [0.1, 0.15) is 0 Å². The third-order valence-electron chi connectivity index (χ3n) is 2.42. The fourth-order valence-electron chi connectivity index (χ4n) is 1.55. The maximum absolute atomic E-state index is 12.3. The van der Waals surface area contributed by atoms with Crippen LogP contribution in [0.1, 0.15) is 19.8 Å². The fourth-order valence-corrected chi connectivity index (χ4v) is 1.55. The van der Waals surface area contributed by atoms with Gasteiger partial charge in [-0.05, 0) is 25.9 Å². The van der Waals surface area contributed by atoms with Crippen LogP contribution in [-0.4, -0.2) is 61.7 Å². The number of alkyl halides is 3. The second-order valence-electron chi connectivity index (χ2n) is 4.28. The highest BCUT2D eigenvalue weighted by Crippen LogP contribution is 2.16. The predicted molar refractivity (Wildman–Crippen MR) is 64.1 cm³/mol. The van der Waals surface area contributed by atoms with E-state index in [1.165, 1.54) is 4.90 Å². The van der Waals surface area contributed by atoms with Crippen molar-refractivity contribution >= 4 is 5.91 Å². The Hall–Kier alpha value is -0.820. The monoisotopic (exact) mass is 269 g/mol. The number of halogens is 3. The molecule has 0 heterocycles. The largest absolute Gasteiger partial charge is 0.401 e. The van der Waals surface area contributed by atoms with Gasteiger partial charge in [0.2, 0.25) is 5.91 Å². The Kier molecular flexibility index (Phi) is 7.93. The zero-order valence-electron chi connectivity index (χ0n) is 11.0. The lowest BCUT2D eigenvalue weighted by atomic mass is 10.3. The molecule has 0 aromatic rings. The fraction of sp³-hybridized carbons (Fsp3) is 0.909. The zero-order chi connectivity index (χ0) is 14.2. The number of amides is 1. The number of likely N-dealkylation sites (N-methyl/N-ethyl adjacent to an activating group) is 1. The van der Waals surface area contributed by atoms with E-state index >= 15 is 0 Å². The van der Waals surface area contributed by atoms with Crippen LogP contribution in [0.25, 0.3) is 0 Å². The summed E-state index contributed by atoms with van der Waals surface area (Å²) in [5.41, 5.74) is 5.31. The Morgan fingerprint density at radius 1 is 1.28 bits per heavy atom. The summed E-state index contributed by atoms with van der Waals surface area (Å²) in [5, 5.41) is 0. The molecule has 0 saturated carbocycles. The minimum atomic E-state index is -4.27. The number of carbonyl (C=O) groups excluding carboxylic acids is 1. The number of carbonyl (C=O) groups is 1. The van der Waals surface area contributed by atoms with Crippen LogP contribution in [0.4, 0.5) is 13.2 Å². The predicted octanol–water partition coefficient (Wildman–Crippen LogP) is 1.07. The average molecular weight is 269 g/mol. The highest BCUT2D eigenvalue weighted by molar-refractivity contribution is 5.77. The van der Waals surface area contributed by atoms with Crippen molar-refractivity contribution in [3.63, 3.8) is 0 Å². The Labute approximate surface area is 106 Å². The molecule has 0 aliphatic heterocycles. The number of hydrogen-bond donors (Lipinski definition) is 1. The van der Waals surface area contributed by atoms with Gasteiger partial charge in [-0.25, -0.2) is 0 Å². The molecule has 1 amide bonds. The summed E-state index contributed by atoms with van der Waals surface area (Å²) in [7, 11) is 1.58. The topological polar surface area (TPSA) is 49.6 Å². The zero-order valence-corrected chi connectivity index (χ0v) is 11.0. The van der Waals surface area contributed by atoms with Crippen molar-refractivity contribution in [1.82, 2.24) is 9.80 Å². The first-order valence-corrected chi connectivity index (χ1v) is 6.03. The molecular formula is C11H22F3N3O. The van der Waals surface area contributed by atoms with Crippen LogP contribution in [-0.2, 0) is 4.79 Å². The quantitative estimate of drug-likeness (QED) is 0.717. The highest BCUT2D eigenvalue weighted by atomic mass is 19.4. The molecule has 108 valence electrons. The van der Waals surface area contributed by atoms with Crippen LogP contribution in [0.5, 0.6) is 0 Å². The molecule has 0 aromatic carbocycles. The lowest BCUT2D eigenvalue weighted by Crippen LogP contribution is -2.43. The SMILES string of the molecule is CCCN(CC(=O)N(C)CCCN)CC(F)(F)F. The Morgan fingerprint density at radius 3 is 2.33 bits per heavy atom. The second-order valence-corrected chi connectivity index (χ2v) is 4.28. The lowest BCUT2D eigenvalue weighted by molar-refractivity contribution is -0.151. The summed E-state index contributed by atoms with van der Waals surface area (Å²) in [6, 6.07) is 0. The minimum Gasteiger partial charge on any atom is -0.345 e. The average Bonchev–Trinajstić information content (AvgIpc) is 2.23. The van der Waals surface area contributed by atoms with Gasteiger partial charge in [-0.15, -0.1) is 0 Å². The van der Waals surface area contributed by atoms with Crippen LogP contribution in [0.15, 0.2) is 0 Å². The van der Waals surface area contributed by atoms with E-state index in [4.69, 9.17) is 5.73 Å². The summed E-state index contributed by atoms with van der Waals surface area (Å²) < 4.78 is 36.9. The molecule has 0 aliphatic rings. The van der Waals surface area contributed by atoms with E-state index in [-0.39, 0.29) is 19.0 Å². The molecule has 2 N–H and O–H groups in total. The summed E-state index contributed by atoms with van der Waals surface area (Å²) >= 11 is 0. The van der Waals surface area contributed by atoms with Crippen molar-refractivity contribution < 1.29 is 18.0 Å². The van der Waals surface area contributed by atoms with Gasteiger partial charge >= 0.3 is 6.18 Å². The third-order valence-corrected chi connectivity index (χ3v) is 2.42. The van der Waals surface area contributed by atoms with Crippen molar-refractivity contribution in [2.24, 2.45) is 5.73 Å². The molecule has 0 atom stereocenters. The molecule has 0 spiro atoms. The molecule has 4 nitrogen and oxygen atoms in total. The summed E-state index contributed by atoms with van der Waals surface area (Å²) in [5.74, 6) is -0.304. The Bertz CT molecular complexity index is 246. The number of nitrogens with two attached hydrogens (primary N) is 1. The second kappa shape index (κ2) is 8.31. The molecule has 0 fully saturated rings. The van der Waals surface area contributed by atoms with Crippen molar-refractivity contribution in [2.45, 2.75) is 25.9 Å². The molecule has 0 unspecified atom stereocenters. The minimum absolute atomic E-state index is 0.200. The summed E-state index contributed by atoms with van der Waals surface area (Å²) in [4.78, 5) is 14.2. The molecule has 0 aliphatic carbocycles. The van der Waals surface area contributed by atoms with Gasteiger partial charge in [0.05, 0.1) is 13.1 Å². The maximum Gasteiger partial charge on any atom is 0.401 e. The van der Waals surface area contributed by atoms with Crippen LogP contribution in [0.2, 0.25) is 0 Å². The van der Waals surface area contributed by atoms with Crippen LogP contribution >= 0.6 is 0 Å². The number of nitrogens with zero attached hydrogens (tertiary/aromatic N) is 2. The van der Waals surface area contributed by atoms with Crippen LogP contribution < -0.4 is 5.73 Å². The van der Waals surface area contributed by atoms with E-state index in [0.717, 1.165) is 4.90 Å². The van der Waals surface area contributed by atoms with Gasteiger partial charge in [0.25, 0.3) is 0 Å². The molecule has 18 heavy (non-hydrogen) atoms. The van der Waals surface area contributed by atoms with Gasteiger partial charge in [-0.2, -0.15) is 13.2 Å². The maximum atomic E-state index is 12.3. The van der Waals surface area contributed by atoms with Crippen molar-refractivity contribution in [2.75, 3.05) is 39.8 Å². The van der Waals surface area contributed by atoms with E-state index in [9.17, 15) is 18.0 Å². The van der Waals surface area contributed by atoms with Gasteiger partial charge < -0.3 is 10.6 Å². The number of hydrogen-bond acceptors (Lipinski definition) is 3. The molecule has 0 saturated heterocycles. The Morgan fingerprint density at radius 2 is 1.89 bits per heavy atom. The lowest BCUT2D eigenvalue weighted by Gasteiger charge is -2.25. The molecule has 0 aromatic heterocycles. The van der Waals surface area contributed by atoms with E-state index < -0.39 is 12.7 Å². The molecule has 0 radical (unpaired) electrons. The Balaban J connectivity index is 4.26. The smallest absolute Gasteiger partial charge is 0.345 e. The normalized spacial score (nSPS) is 11.9. The standard InChI is InChI=1S/C11H22F3N3O/c1-3-6-17(9-11(12,13)14)8-10(18)16(2)7-4-5-15/h3-9,15H2,1-2H3. The molecule has 7 heteroatoms. The number of rotatable bonds is 8. The summed E-state index contributed by atoms with van der Waals surface area (Å²) in [6.07, 6.45) is -3.05. The first-order chi connectivity index (χ1) is 8.30. The van der Waals surface area contributed by atoms with Crippen molar-refractivity contribution in [3.05, 3.63) is 0 Å². The summed E-state index contributed by atoms with van der Waals surface area (Å²) in [6.45, 7) is 1.73. The van der Waals surface area contributed by atoms with Gasteiger partial charge in [-0.3, -0.25) is 9.69 Å². The molecule has 0 bridgehead atoms. The van der Waals surface area contributed by atoms with E-state index in [1.807, 2.05) is 0 Å². The van der Waals surface area contributed by atoms with E-state index in [0.29, 0.717) is 25.9 Å². The first kappa shape index (κ1) is 17.2. The van der Waals surface area contributed by atoms with Gasteiger partial charge in [0, 0.05) is 13.6 Å². The van der Waals surface area contributed by atoms with Crippen LogP contribution in [0.3, 0.4) is 0 Å². The molecule has 0 rings (SSSR count). The van der Waals surface area contributed by atoms with Crippen LogP contribution in [0, 0.1) is 0 Å². The third kappa shape index (κ3) is 8.30. The van der Waals surface area contributed by atoms with Crippen molar-refractivity contribution in [3.8, 4) is 0 Å². The highest BCUT2D eigenvalue weighted by Gasteiger charge is 2.31. The van der Waals surface area contributed by atoms with Crippen molar-refractivity contribution in [1.29, 1.82) is 0 Å². The van der Waals surface area contributed by atoms with Gasteiger partial charge in [-0.1, -0.05) is 6.92 Å². The first-order valence-electron chi connectivity index (χ1n) is 6.03. The van der Waals surface area contributed by atoms with Gasteiger partial charge in [0.15, 0.2) is 0 Å².